The quantitative estimate of drug-likeness (QED) is 0.0773. The number of hydrogen-bond acceptors (Lipinski definition) is 10. The number of benzene rings is 4. The van der Waals surface area contributed by atoms with E-state index < -0.39 is 11.6 Å². The number of hydrogen-bond donors (Lipinski definition) is 2. The third-order valence-electron chi connectivity index (χ3n) is 9.23. The van der Waals surface area contributed by atoms with Crippen LogP contribution in [0.5, 0.6) is 11.5 Å². The van der Waals surface area contributed by atoms with Crippen LogP contribution in [0.3, 0.4) is 0 Å². The van der Waals surface area contributed by atoms with Gasteiger partial charge < -0.3 is 20.5 Å². The maximum Gasteiger partial charge on any atom is 0.167 e. The molecule has 8 rings (SSSR count). The Hall–Kier alpha value is -6.52. The molecule has 0 spiro atoms. The molecule has 0 aliphatic heterocycles. The summed E-state index contributed by atoms with van der Waals surface area (Å²) < 4.78 is 66.3. The smallest absolute Gasteiger partial charge is 0.167 e. The predicted molar refractivity (Wildman–Crippen MR) is 237 cm³/mol. The first-order valence-electron chi connectivity index (χ1n) is 19.2. The van der Waals surface area contributed by atoms with Crippen molar-refractivity contribution in [3.8, 4) is 34.3 Å². The molecule has 18 heteroatoms. The van der Waals surface area contributed by atoms with Crippen molar-refractivity contribution in [2.45, 2.75) is 39.5 Å². The van der Waals surface area contributed by atoms with Gasteiger partial charge in [-0.25, -0.2) is 37.5 Å². The van der Waals surface area contributed by atoms with Gasteiger partial charge in [-0.1, -0.05) is 38.3 Å². The molecule has 8 aromatic rings. The van der Waals surface area contributed by atoms with Crippen molar-refractivity contribution in [1.82, 2.24) is 39.5 Å². The van der Waals surface area contributed by atoms with Crippen molar-refractivity contribution < 1.29 is 27.0 Å². The zero-order valence-electron chi connectivity index (χ0n) is 34.7. The van der Waals surface area contributed by atoms with Gasteiger partial charge in [0.1, 0.15) is 33.7 Å². The topological polar surface area (TPSA) is 144 Å². The maximum atomic E-state index is 14.2. The van der Waals surface area contributed by atoms with Crippen molar-refractivity contribution in [1.29, 1.82) is 0 Å². The van der Waals surface area contributed by atoms with E-state index in [0.29, 0.717) is 50.6 Å². The molecule has 3 N–H and O–H groups in total. The van der Waals surface area contributed by atoms with Gasteiger partial charge in [0.05, 0.1) is 25.6 Å². The van der Waals surface area contributed by atoms with Crippen LogP contribution >= 0.6 is 24.0 Å². The SMILES string of the molecule is CCCc1nn(C)c2c(Cl)nc(-c3ccc(F)cc3)nc12.CCCc1nn(C)c2c(Nc3ccc(OC)c(F)c3)nc(-c3ccc(F)cc3)nc12.COc1ccc(N)cc1F.Cl. The molecule has 4 aromatic heterocycles. The Balaban J connectivity index is 0.000000196. The molecule has 62 heavy (non-hydrogen) atoms. The van der Waals surface area contributed by atoms with E-state index in [9.17, 15) is 17.6 Å². The van der Waals surface area contributed by atoms with Crippen LogP contribution in [0.1, 0.15) is 38.1 Å². The maximum absolute atomic E-state index is 14.2. The number of aromatic nitrogens is 8. The number of aryl methyl sites for hydroxylation is 4. The first-order valence-corrected chi connectivity index (χ1v) is 19.6. The highest BCUT2D eigenvalue weighted by atomic mass is 35.5. The van der Waals surface area contributed by atoms with E-state index in [1.54, 1.807) is 51.8 Å². The van der Waals surface area contributed by atoms with Gasteiger partial charge in [0.25, 0.3) is 0 Å². The lowest BCUT2D eigenvalue weighted by atomic mass is 10.2. The van der Waals surface area contributed by atoms with Crippen LogP contribution in [0.2, 0.25) is 5.15 Å². The molecule has 0 amide bonds. The number of methoxy groups -OCH3 is 2. The molecule has 0 bridgehead atoms. The number of fused-ring (bicyclic) bond motifs is 2. The molecule has 0 saturated carbocycles. The fraction of sp³-hybridized carbons (Fsp3) is 0.227. The third kappa shape index (κ3) is 10.7. The van der Waals surface area contributed by atoms with Gasteiger partial charge in [0, 0.05) is 48.7 Å². The van der Waals surface area contributed by atoms with Crippen molar-refractivity contribution in [2.24, 2.45) is 14.1 Å². The van der Waals surface area contributed by atoms with Crippen LogP contribution in [-0.2, 0) is 26.9 Å². The lowest BCUT2D eigenvalue weighted by Gasteiger charge is -2.11. The second-order valence-corrected chi connectivity index (χ2v) is 14.0. The minimum absolute atomic E-state index is 0. The number of anilines is 3. The summed E-state index contributed by atoms with van der Waals surface area (Å²) in [6.45, 7) is 4.16. The summed E-state index contributed by atoms with van der Waals surface area (Å²) >= 11 is 6.28. The molecule has 0 aliphatic rings. The van der Waals surface area contributed by atoms with E-state index >= 15 is 0 Å². The first kappa shape index (κ1) is 46.5. The molecular formula is C44H44Cl2F4N10O2. The van der Waals surface area contributed by atoms with Crippen LogP contribution in [-0.4, -0.2) is 53.7 Å². The number of rotatable bonds is 10. The van der Waals surface area contributed by atoms with Gasteiger partial charge >= 0.3 is 0 Å². The molecule has 0 saturated heterocycles. The average Bonchev–Trinajstić information content (AvgIpc) is 3.73. The summed E-state index contributed by atoms with van der Waals surface area (Å²) in [6.07, 6.45) is 3.47. The molecule has 4 aromatic carbocycles. The molecule has 0 atom stereocenters. The van der Waals surface area contributed by atoms with Gasteiger partial charge in [0.15, 0.2) is 45.8 Å². The minimum Gasteiger partial charge on any atom is -0.494 e. The van der Waals surface area contributed by atoms with Gasteiger partial charge in [-0.2, -0.15) is 10.2 Å². The number of nitrogens with zero attached hydrogens (tertiary/aromatic N) is 8. The Kier molecular flexibility index (Phi) is 15.6. The summed E-state index contributed by atoms with van der Waals surface area (Å²) in [5, 5.41) is 12.6. The third-order valence-corrected chi connectivity index (χ3v) is 9.49. The normalized spacial score (nSPS) is 10.7. The van der Waals surface area contributed by atoms with Crippen LogP contribution in [0, 0.1) is 23.3 Å². The summed E-state index contributed by atoms with van der Waals surface area (Å²) in [5.74, 6) is 0.244. The molecular weight excluding hydrogens is 847 g/mol. The molecule has 0 radical (unpaired) electrons. The van der Waals surface area contributed by atoms with Gasteiger partial charge in [0.2, 0.25) is 0 Å². The monoisotopic (exact) mass is 890 g/mol. The average molecular weight is 892 g/mol. The number of ether oxygens (including phenoxy) is 2. The van der Waals surface area contributed by atoms with Crippen molar-refractivity contribution >= 4 is 63.3 Å². The number of halogens is 6. The van der Waals surface area contributed by atoms with Gasteiger partial charge in [-0.3, -0.25) is 9.36 Å². The minimum atomic E-state index is -0.483. The molecule has 4 heterocycles. The Morgan fingerprint density at radius 3 is 1.58 bits per heavy atom. The largest absolute Gasteiger partial charge is 0.494 e. The van der Waals surface area contributed by atoms with Crippen LogP contribution in [0.25, 0.3) is 44.8 Å². The number of nitrogen functional groups attached to an aromatic ring is 1. The van der Waals surface area contributed by atoms with E-state index in [-0.39, 0.29) is 35.5 Å². The predicted octanol–water partition coefficient (Wildman–Crippen LogP) is 10.6. The molecule has 12 nitrogen and oxygen atoms in total. The van der Waals surface area contributed by atoms with Crippen molar-refractivity contribution in [3.63, 3.8) is 0 Å². The lowest BCUT2D eigenvalue weighted by molar-refractivity contribution is 0.386. The standard InChI is InChI=1S/C22H21F2N5O.C15H14ClFN4.C7H8FNO.ClH/c1-4-5-17-19-20(29(2)28-17)22(25-15-10-11-18(30-3)16(24)12-15)27-21(26-19)13-6-8-14(23)9-7-13;1-3-4-11-12-13(21(2)20-11)14(16)19-15(18-12)9-5-7-10(17)8-6-9;1-10-7-3-2-5(9)4-6(7)8;/h6-12H,4-5H2,1-3H3,(H,25,26,27);5-8H,3-4H2,1-2H3;2-4H,9H2,1H3;1H. The van der Waals surface area contributed by atoms with Crippen LogP contribution < -0.4 is 20.5 Å². The van der Waals surface area contributed by atoms with E-state index in [4.69, 9.17) is 27.1 Å². The van der Waals surface area contributed by atoms with E-state index in [1.807, 2.05) is 14.1 Å². The molecule has 0 fully saturated rings. The molecule has 0 unspecified atom stereocenters. The lowest BCUT2D eigenvalue weighted by Crippen LogP contribution is -2.02. The van der Waals surface area contributed by atoms with Crippen molar-refractivity contribution in [2.75, 3.05) is 25.3 Å². The highest BCUT2D eigenvalue weighted by Gasteiger charge is 2.19. The zero-order valence-corrected chi connectivity index (χ0v) is 36.3. The molecule has 0 aliphatic carbocycles. The van der Waals surface area contributed by atoms with Gasteiger partial charge in [-0.15, -0.1) is 12.4 Å². The van der Waals surface area contributed by atoms with Crippen molar-refractivity contribution in [3.05, 3.63) is 125 Å². The molecule has 324 valence electrons. The number of nitrogens with one attached hydrogen (secondary N) is 1. The van der Waals surface area contributed by atoms with Crippen LogP contribution in [0.15, 0.2) is 84.9 Å². The van der Waals surface area contributed by atoms with E-state index in [0.717, 1.165) is 53.7 Å². The van der Waals surface area contributed by atoms with E-state index in [2.05, 4.69) is 49.1 Å². The second-order valence-electron chi connectivity index (χ2n) is 13.7. The zero-order chi connectivity index (χ0) is 43.8. The van der Waals surface area contributed by atoms with Crippen LogP contribution in [0.4, 0.5) is 34.8 Å². The van der Waals surface area contributed by atoms with Gasteiger partial charge in [-0.05, 0) is 85.6 Å². The fourth-order valence-electron chi connectivity index (χ4n) is 6.35. The summed E-state index contributed by atoms with van der Waals surface area (Å²) in [6, 6.07) is 20.9. The fourth-order valence-corrected chi connectivity index (χ4v) is 6.64. The summed E-state index contributed by atoms with van der Waals surface area (Å²) in [4.78, 5) is 18.2. The highest BCUT2D eigenvalue weighted by molar-refractivity contribution is 6.33. The highest BCUT2D eigenvalue weighted by Crippen LogP contribution is 2.31. The Labute approximate surface area is 366 Å². The number of nitrogens with two attached hydrogens (primary N) is 1. The summed E-state index contributed by atoms with van der Waals surface area (Å²) in [7, 11) is 6.48. The first-order chi connectivity index (χ1) is 29.3. The summed E-state index contributed by atoms with van der Waals surface area (Å²) in [5.41, 5.74) is 12.3. The second kappa shape index (κ2) is 20.8. The Bertz CT molecular complexity index is 2790. The Morgan fingerprint density at radius 2 is 1.10 bits per heavy atom. The Morgan fingerprint density at radius 1 is 0.629 bits per heavy atom. The van der Waals surface area contributed by atoms with E-state index in [1.165, 1.54) is 56.7 Å².